The number of hydrogen-bond acceptors (Lipinski definition) is 2. The first-order valence-corrected chi connectivity index (χ1v) is 11.1. The molecule has 0 bridgehead atoms. The molecule has 26 heavy (non-hydrogen) atoms. The predicted octanol–water partition coefficient (Wildman–Crippen LogP) is 7.84. The van der Waals surface area contributed by atoms with E-state index in [1.54, 1.807) is 0 Å². The molecule has 0 aliphatic carbocycles. The highest BCUT2D eigenvalue weighted by Crippen LogP contribution is 2.40. The van der Waals surface area contributed by atoms with Crippen LogP contribution in [0, 0.1) is 5.41 Å². The molecule has 1 aromatic carbocycles. The van der Waals surface area contributed by atoms with Crippen molar-refractivity contribution in [1.82, 2.24) is 0 Å². The summed E-state index contributed by atoms with van der Waals surface area (Å²) < 4.78 is 7.70. The topological polar surface area (TPSA) is 35.2 Å². The van der Waals surface area contributed by atoms with Gasteiger partial charge in [0.15, 0.2) is 0 Å². The lowest BCUT2D eigenvalue weighted by Gasteiger charge is -2.39. The van der Waals surface area contributed by atoms with Crippen molar-refractivity contribution in [1.29, 1.82) is 0 Å². The number of nitrogen functional groups attached to an aromatic ring is 1. The number of rotatable bonds is 11. The maximum absolute atomic E-state index is 6.69. The third kappa shape index (κ3) is 7.60. The number of nitrogens with two attached hydrogens (primary N) is 1. The van der Waals surface area contributed by atoms with Gasteiger partial charge in [-0.3, -0.25) is 0 Å². The second-order valence-corrected chi connectivity index (χ2v) is 9.95. The summed E-state index contributed by atoms with van der Waals surface area (Å²) >= 11 is 3.66. The highest BCUT2D eigenvalue weighted by atomic mass is 79.9. The minimum Gasteiger partial charge on any atom is -0.398 e. The second-order valence-electron chi connectivity index (χ2n) is 9.10. The van der Waals surface area contributed by atoms with Crippen LogP contribution in [0.1, 0.15) is 98.5 Å². The Kier molecular flexibility index (Phi) is 9.68. The maximum atomic E-state index is 6.69. The summed E-state index contributed by atoms with van der Waals surface area (Å²) in [7, 11) is 0. The fourth-order valence-corrected chi connectivity index (χ4v) is 4.41. The van der Waals surface area contributed by atoms with Crippen LogP contribution < -0.4 is 5.73 Å². The van der Waals surface area contributed by atoms with E-state index in [1.807, 2.05) is 18.2 Å². The number of halogens is 1. The van der Waals surface area contributed by atoms with Crippen molar-refractivity contribution < 1.29 is 4.74 Å². The van der Waals surface area contributed by atoms with Gasteiger partial charge < -0.3 is 10.5 Å². The summed E-state index contributed by atoms with van der Waals surface area (Å²) in [5.41, 5.74) is 7.78. The zero-order valence-electron chi connectivity index (χ0n) is 17.8. The van der Waals surface area contributed by atoms with Crippen LogP contribution in [-0.2, 0) is 10.3 Å². The summed E-state index contributed by atoms with van der Waals surface area (Å²) in [4.78, 5) is 0. The Morgan fingerprint density at radius 3 is 2.08 bits per heavy atom. The first-order chi connectivity index (χ1) is 12.1. The minimum absolute atomic E-state index is 0.107. The molecule has 0 aromatic heterocycles. The molecule has 0 aliphatic rings. The Morgan fingerprint density at radius 1 is 0.962 bits per heavy atom. The van der Waals surface area contributed by atoms with Crippen molar-refractivity contribution in [2.75, 3.05) is 5.73 Å². The van der Waals surface area contributed by atoms with Gasteiger partial charge in [-0.2, -0.15) is 0 Å². The van der Waals surface area contributed by atoms with Crippen molar-refractivity contribution >= 4 is 21.6 Å². The molecule has 2 N–H and O–H groups in total. The lowest BCUT2D eigenvalue weighted by molar-refractivity contribution is -0.122. The number of hydrogen-bond donors (Lipinski definition) is 1. The van der Waals surface area contributed by atoms with Gasteiger partial charge in [-0.05, 0) is 37.8 Å². The molecule has 3 heteroatoms. The van der Waals surface area contributed by atoms with Gasteiger partial charge in [0.05, 0.1) is 11.7 Å². The number of benzene rings is 1. The maximum Gasteiger partial charge on any atom is 0.0910 e. The van der Waals surface area contributed by atoms with Crippen LogP contribution in [0.2, 0.25) is 0 Å². The molecule has 0 saturated heterocycles. The molecule has 150 valence electrons. The molecule has 1 aromatic rings. The van der Waals surface area contributed by atoms with Gasteiger partial charge in [-0.1, -0.05) is 94.6 Å². The highest BCUT2D eigenvalue weighted by molar-refractivity contribution is 9.10. The molecule has 0 fully saturated rings. The fourth-order valence-electron chi connectivity index (χ4n) is 3.55. The SMILES string of the molecule is CCCCCCCCCC(OC(C)(C)c1c(N)cccc1Br)C(C)(C)C. The van der Waals surface area contributed by atoms with E-state index in [9.17, 15) is 0 Å². The molecular formula is C23H40BrNO. The molecule has 0 aliphatic heterocycles. The summed E-state index contributed by atoms with van der Waals surface area (Å²) in [6, 6.07) is 5.96. The van der Waals surface area contributed by atoms with Crippen molar-refractivity contribution in [3.05, 3.63) is 28.2 Å². The summed E-state index contributed by atoms with van der Waals surface area (Å²) in [5, 5.41) is 0. The molecule has 2 nitrogen and oxygen atoms in total. The predicted molar refractivity (Wildman–Crippen MR) is 119 cm³/mol. The normalized spacial score (nSPS) is 13.8. The van der Waals surface area contributed by atoms with Gasteiger partial charge in [0.25, 0.3) is 0 Å². The lowest BCUT2D eigenvalue weighted by Crippen LogP contribution is -2.37. The van der Waals surface area contributed by atoms with Crippen molar-refractivity contribution in [3.8, 4) is 0 Å². The molecule has 1 atom stereocenters. The van der Waals surface area contributed by atoms with Crippen molar-refractivity contribution in [3.63, 3.8) is 0 Å². The third-order valence-electron chi connectivity index (χ3n) is 5.12. The average Bonchev–Trinajstić information content (AvgIpc) is 2.51. The van der Waals surface area contributed by atoms with Gasteiger partial charge in [0.1, 0.15) is 0 Å². The zero-order valence-corrected chi connectivity index (χ0v) is 19.4. The van der Waals surface area contributed by atoms with Crippen LogP contribution in [0.25, 0.3) is 0 Å². The first-order valence-electron chi connectivity index (χ1n) is 10.3. The van der Waals surface area contributed by atoms with Crippen molar-refractivity contribution in [2.24, 2.45) is 5.41 Å². The van der Waals surface area contributed by atoms with E-state index in [0.29, 0.717) is 0 Å². The third-order valence-corrected chi connectivity index (χ3v) is 5.78. The van der Waals surface area contributed by atoms with E-state index in [4.69, 9.17) is 10.5 Å². The van der Waals surface area contributed by atoms with E-state index >= 15 is 0 Å². The summed E-state index contributed by atoms with van der Waals surface area (Å²) in [6.07, 6.45) is 10.6. The van der Waals surface area contributed by atoms with E-state index in [2.05, 4.69) is 57.5 Å². The minimum atomic E-state index is -0.427. The Bertz CT molecular complexity index is 513. The van der Waals surface area contributed by atoms with E-state index in [0.717, 1.165) is 22.1 Å². The van der Waals surface area contributed by atoms with Gasteiger partial charge >= 0.3 is 0 Å². The molecule has 1 unspecified atom stereocenters. The molecule has 1 rings (SSSR count). The van der Waals surface area contributed by atoms with Crippen LogP contribution in [0.5, 0.6) is 0 Å². The lowest BCUT2D eigenvalue weighted by atomic mass is 9.84. The molecule has 0 heterocycles. The van der Waals surface area contributed by atoms with Gasteiger partial charge in [0.2, 0.25) is 0 Å². The summed E-state index contributed by atoms with van der Waals surface area (Å²) in [5.74, 6) is 0. The number of ether oxygens (including phenoxy) is 1. The van der Waals surface area contributed by atoms with Crippen LogP contribution >= 0.6 is 15.9 Å². The standard InChI is InChI=1S/C23H40BrNO/c1-7-8-9-10-11-12-13-17-20(22(2,3)4)26-23(5,6)21-18(24)15-14-16-19(21)25/h14-16,20H,7-13,17,25H2,1-6H3. The average molecular weight is 426 g/mol. The fraction of sp³-hybridized carbons (Fsp3) is 0.739. The van der Waals surface area contributed by atoms with E-state index in [1.165, 1.54) is 44.9 Å². The second kappa shape index (κ2) is 10.7. The Morgan fingerprint density at radius 2 is 1.54 bits per heavy atom. The van der Waals surface area contributed by atoms with Crippen LogP contribution in [-0.4, -0.2) is 6.10 Å². The molecular weight excluding hydrogens is 386 g/mol. The smallest absolute Gasteiger partial charge is 0.0910 e. The Labute approximate surface area is 170 Å². The van der Waals surface area contributed by atoms with E-state index < -0.39 is 5.60 Å². The summed E-state index contributed by atoms with van der Waals surface area (Å²) in [6.45, 7) is 13.4. The highest BCUT2D eigenvalue weighted by Gasteiger charge is 2.34. The number of anilines is 1. The first kappa shape index (κ1) is 23.5. The van der Waals surface area contributed by atoms with Crippen LogP contribution in [0.4, 0.5) is 5.69 Å². The zero-order chi connectivity index (χ0) is 19.8. The number of unbranched alkanes of at least 4 members (excludes halogenated alkanes) is 6. The monoisotopic (exact) mass is 425 g/mol. The molecule has 0 amide bonds. The van der Waals surface area contributed by atoms with Gasteiger partial charge in [-0.25, -0.2) is 0 Å². The molecule has 0 radical (unpaired) electrons. The molecule has 0 spiro atoms. The molecule has 0 saturated carbocycles. The quantitative estimate of drug-likeness (QED) is 0.289. The van der Waals surface area contributed by atoms with E-state index in [-0.39, 0.29) is 11.5 Å². The van der Waals surface area contributed by atoms with Crippen molar-refractivity contribution in [2.45, 2.75) is 105 Å². The van der Waals surface area contributed by atoms with Gasteiger partial charge in [-0.15, -0.1) is 0 Å². The Balaban J connectivity index is 2.69. The van der Waals surface area contributed by atoms with Crippen LogP contribution in [0.15, 0.2) is 22.7 Å². The van der Waals surface area contributed by atoms with Gasteiger partial charge in [0, 0.05) is 15.7 Å². The van der Waals surface area contributed by atoms with Crippen LogP contribution in [0.3, 0.4) is 0 Å². The largest absolute Gasteiger partial charge is 0.398 e. The Hall–Kier alpha value is -0.540.